The summed E-state index contributed by atoms with van der Waals surface area (Å²) in [6, 6.07) is 7.00. The van der Waals surface area contributed by atoms with Crippen LogP contribution in [0.2, 0.25) is 15.1 Å². The highest BCUT2D eigenvalue weighted by atomic mass is 35.5. The molecule has 0 fully saturated rings. The molecule has 136 valence electrons. The molecule has 0 bridgehead atoms. The summed E-state index contributed by atoms with van der Waals surface area (Å²) in [6.45, 7) is 0.402. The summed E-state index contributed by atoms with van der Waals surface area (Å²) >= 11 is 18.0. The Hall–Kier alpha value is -1.31. The van der Waals surface area contributed by atoms with Gasteiger partial charge in [0.05, 0.1) is 15.1 Å². The van der Waals surface area contributed by atoms with Crippen LogP contribution in [0.1, 0.15) is 11.3 Å². The van der Waals surface area contributed by atoms with E-state index in [0.717, 1.165) is 16.8 Å². The van der Waals surface area contributed by atoms with Crippen LogP contribution in [0, 0.1) is 5.82 Å². The average molecular weight is 434 g/mol. The number of sulfonamides is 1. The van der Waals surface area contributed by atoms with Crippen LogP contribution in [0.25, 0.3) is 10.9 Å². The van der Waals surface area contributed by atoms with Crippen LogP contribution in [-0.4, -0.2) is 24.3 Å². The van der Waals surface area contributed by atoms with Gasteiger partial charge in [0, 0.05) is 36.1 Å². The fourth-order valence-corrected chi connectivity index (χ4v) is 5.59. The van der Waals surface area contributed by atoms with Crippen LogP contribution in [0.3, 0.4) is 0 Å². The van der Waals surface area contributed by atoms with Crippen LogP contribution in [0.5, 0.6) is 0 Å². The molecule has 1 aliphatic heterocycles. The molecule has 4 rings (SSSR count). The molecule has 0 atom stereocenters. The second-order valence-electron chi connectivity index (χ2n) is 6.06. The molecular weight excluding hydrogens is 422 g/mol. The van der Waals surface area contributed by atoms with Crippen molar-refractivity contribution < 1.29 is 12.8 Å². The summed E-state index contributed by atoms with van der Waals surface area (Å²) in [7, 11) is -3.88. The first-order valence-electron chi connectivity index (χ1n) is 7.71. The number of fused-ring (bicyclic) bond motifs is 3. The summed E-state index contributed by atoms with van der Waals surface area (Å²) in [5.74, 6) is -0.369. The third-order valence-electron chi connectivity index (χ3n) is 4.49. The molecule has 0 saturated heterocycles. The fraction of sp³-hybridized carbons (Fsp3) is 0.176. The molecule has 0 unspecified atom stereocenters. The Morgan fingerprint density at radius 1 is 1.04 bits per heavy atom. The highest BCUT2D eigenvalue weighted by molar-refractivity contribution is 7.89. The first kappa shape index (κ1) is 18.1. The zero-order valence-corrected chi connectivity index (χ0v) is 16.3. The summed E-state index contributed by atoms with van der Waals surface area (Å²) in [5.41, 5.74) is 2.46. The summed E-state index contributed by atoms with van der Waals surface area (Å²) in [5, 5.41) is 0.987. The lowest BCUT2D eigenvalue weighted by Crippen LogP contribution is -2.36. The smallest absolute Gasteiger partial charge is 0.244 e. The minimum Gasteiger partial charge on any atom is -0.358 e. The van der Waals surface area contributed by atoms with Crippen molar-refractivity contribution >= 4 is 55.7 Å². The van der Waals surface area contributed by atoms with Crippen molar-refractivity contribution in [3.05, 3.63) is 62.5 Å². The number of nitrogens with zero attached hydrogens (tertiary/aromatic N) is 1. The quantitative estimate of drug-likeness (QED) is 0.577. The number of aromatic amines is 1. The Kier molecular flexibility index (Phi) is 4.44. The van der Waals surface area contributed by atoms with Gasteiger partial charge in [-0.1, -0.05) is 34.8 Å². The van der Waals surface area contributed by atoms with Gasteiger partial charge in [-0.15, -0.1) is 0 Å². The van der Waals surface area contributed by atoms with Gasteiger partial charge in [0.25, 0.3) is 0 Å². The van der Waals surface area contributed by atoms with Crippen molar-refractivity contribution in [3.8, 4) is 0 Å². The third-order valence-corrected chi connectivity index (χ3v) is 7.53. The van der Waals surface area contributed by atoms with Gasteiger partial charge in [-0.3, -0.25) is 0 Å². The maximum absolute atomic E-state index is 13.6. The molecule has 0 radical (unpaired) electrons. The molecule has 1 aliphatic rings. The molecular formula is C17H12Cl3FN2O2S. The van der Waals surface area contributed by atoms with E-state index >= 15 is 0 Å². The van der Waals surface area contributed by atoms with E-state index < -0.39 is 10.0 Å². The van der Waals surface area contributed by atoms with Crippen LogP contribution in [0.15, 0.2) is 35.2 Å². The SMILES string of the molecule is O=S(=O)(c1cc(Cl)c(Cl)cc1Cl)N1CCc2[nH]c3ccc(F)cc3c2C1. The molecule has 26 heavy (non-hydrogen) atoms. The molecule has 0 saturated carbocycles. The normalized spacial score (nSPS) is 15.4. The fourth-order valence-electron chi connectivity index (χ4n) is 3.21. The van der Waals surface area contributed by atoms with Gasteiger partial charge in [0.1, 0.15) is 10.7 Å². The van der Waals surface area contributed by atoms with E-state index in [1.165, 1.54) is 28.6 Å². The Morgan fingerprint density at radius 3 is 2.54 bits per heavy atom. The van der Waals surface area contributed by atoms with Gasteiger partial charge in [-0.25, -0.2) is 12.8 Å². The number of rotatable bonds is 2. The number of H-pyrrole nitrogens is 1. The highest BCUT2D eigenvalue weighted by Gasteiger charge is 2.32. The van der Waals surface area contributed by atoms with Gasteiger partial charge in [0.2, 0.25) is 10.0 Å². The zero-order chi connectivity index (χ0) is 18.6. The van der Waals surface area contributed by atoms with E-state index in [1.54, 1.807) is 6.07 Å². The number of aromatic nitrogens is 1. The molecule has 4 nitrogen and oxygen atoms in total. The standard InChI is InChI=1S/C17H12Cl3FN2O2S/c18-12-6-14(20)17(7-13(12)19)26(24,25)23-4-3-16-11(8-23)10-5-9(21)1-2-15(10)22-16/h1-2,5-7,22H,3-4,8H2. The number of hydrogen-bond donors (Lipinski definition) is 1. The van der Waals surface area contributed by atoms with Crippen LogP contribution < -0.4 is 0 Å². The maximum Gasteiger partial charge on any atom is 0.244 e. The Bertz CT molecular complexity index is 1140. The van der Waals surface area contributed by atoms with Crippen molar-refractivity contribution in [1.29, 1.82) is 0 Å². The Balaban J connectivity index is 1.78. The number of nitrogens with one attached hydrogen (secondary N) is 1. The summed E-state index contributed by atoms with van der Waals surface area (Å²) < 4.78 is 41.1. The molecule has 0 amide bonds. The number of hydrogen-bond acceptors (Lipinski definition) is 2. The molecule has 0 spiro atoms. The molecule has 2 heterocycles. The van der Waals surface area contributed by atoms with Crippen LogP contribution in [0.4, 0.5) is 4.39 Å². The van der Waals surface area contributed by atoms with Crippen LogP contribution in [-0.2, 0) is 23.0 Å². The van der Waals surface area contributed by atoms with E-state index in [2.05, 4.69) is 4.98 Å². The van der Waals surface area contributed by atoms with Gasteiger partial charge < -0.3 is 4.98 Å². The van der Waals surface area contributed by atoms with E-state index in [4.69, 9.17) is 34.8 Å². The highest BCUT2D eigenvalue weighted by Crippen LogP contribution is 2.36. The van der Waals surface area contributed by atoms with Gasteiger partial charge in [0.15, 0.2) is 0 Å². The second-order valence-corrected chi connectivity index (χ2v) is 9.19. The van der Waals surface area contributed by atoms with E-state index in [9.17, 15) is 12.8 Å². The molecule has 2 aromatic carbocycles. The minimum absolute atomic E-state index is 0.00941. The number of halogens is 4. The molecule has 0 aliphatic carbocycles. The lowest BCUT2D eigenvalue weighted by molar-refractivity contribution is 0.391. The van der Waals surface area contributed by atoms with Gasteiger partial charge in [-0.2, -0.15) is 4.31 Å². The van der Waals surface area contributed by atoms with Crippen molar-refractivity contribution in [2.45, 2.75) is 17.9 Å². The molecule has 9 heteroatoms. The molecule has 1 aromatic heterocycles. The van der Waals surface area contributed by atoms with Crippen molar-refractivity contribution in [3.63, 3.8) is 0 Å². The average Bonchev–Trinajstić information content (AvgIpc) is 2.95. The van der Waals surface area contributed by atoms with Crippen molar-refractivity contribution in [1.82, 2.24) is 9.29 Å². The predicted molar refractivity (Wildman–Crippen MR) is 101 cm³/mol. The second kappa shape index (κ2) is 6.39. The summed E-state index contributed by atoms with van der Waals surface area (Å²) in [4.78, 5) is 3.14. The number of benzene rings is 2. The van der Waals surface area contributed by atoms with E-state index in [1.807, 2.05) is 0 Å². The van der Waals surface area contributed by atoms with Gasteiger partial charge in [-0.05, 0) is 35.9 Å². The summed E-state index contributed by atoms with van der Waals surface area (Å²) in [6.07, 6.45) is 0.490. The topological polar surface area (TPSA) is 53.2 Å². The predicted octanol–water partition coefficient (Wildman–Crippen LogP) is 5.01. The lowest BCUT2D eigenvalue weighted by atomic mass is 10.1. The van der Waals surface area contributed by atoms with Crippen molar-refractivity contribution in [2.75, 3.05) is 6.54 Å². The first-order chi connectivity index (χ1) is 12.3. The molecule has 3 aromatic rings. The van der Waals surface area contributed by atoms with Gasteiger partial charge >= 0.3 is 0 Å². The molecule has 1 N–H and O–H groups in total. The van der Waals surface area contributed by atoms with E-state index in [-0.39, 0.29) is 38.9 Å². The third kappa shape index (κ3) is 2.90. The van der Waals surface area contributed by atoms with Crippen LogP contribution >= 0.6 is 34.8 Å². The maximum atomic E-state index is 13.6. The monoisotopic (exact) mass is 432 g/mol. The lowest BCUT2D eigenvalue weighted by Gasteiger charge is -2.27. The zero-order valence-electron chi connectivity index (χ0n) is 13.2. The minimum atomic E-state index is -3.88. The van der Waals surface area contributed by atoms with Crippen molar-refractivity contribution in [2.24, 2.45) is 0 Å². The first-order valence-corrected chi connectivity index (χ1v) is 10.3. The Morgan fingerprint density at radius 2 is 1.77 bits per heavy atom. The largest absolute Gasteiger partial charge is 0.358 e. The Labute approximate surface area is 164 Å². The van der Waals surface area contributed by atoms with E-state index in [0.29, 0.717) is 11.8 Å².